The average Bonchev–Trinajstić information content (AvgIpc) is 3.56. The summed E-state index contributed by atoms with van der Waals surface area (Å²) in [7, 11) is 3.30. The van der Waals surface area contributed by atoms with Gasteiger partial charge in [0.2, 0.25) is 5.91 Å². The Balaban J connectivity index is 1.54. The van der Waals surface area contributed by atoms with E-state index in [1.807, 2.05) is 47.4 Å². The van der Waals surface area contributed by atoms with Crippen LogP contribution in [0.5, 0.6) is 17.2 Å². The minimum Gasteiger partial charge on any atom is -0.497 e. The minimum atomic E-state index is -0.142. The number of para-hydroxylation sites is 1. The van der Waals surface area contributed by atoms with E-state index in [1.54, 1.807) is 14.2 Å². The molecule has 1 fully saturated rings. The van der Waals surface area contributed by atoms with E-state index in [-0.39, 0.29) is 11.8 Å². The number of hydrogen-bond donors (Lipinski definition) is 0. The third-order valence-electron chi connectivity index (χ3n) is 5.33. The Labute approximate surface area is 159 Å². The van der Waals surface area contributed by atoms with E-state index in [4.69, 9.17) is 14.2 Å². The zero-order valence-electron chi connectivity index (χ0n) is 15.8. The van der Waals surface area contributed by atoms with E-state index in [9.17, 15) is 4.79 Å². The number of carbonyl (C=O) groups excluding carboxylic acids is 1. The lowest BCUT2D eigenvalue weighted by atomic mass is 9.95. The third kappa shape index (κ3) is 3.72. The molecule has 0 bridgehead atoms. The average molecular weight is 367 g/mol. The van der Waals surface area contributed by atoms with Crippen LogP contribution in [0.4, 0.5) is 0 Å². The molecule has 5 heteroatoms. The van der Waals surface area contributed by atoms with Gasteiger partial charge in [-0.2, -0.15) is 0 Å². The summed E-state index contributed by atoms with van der Waals surface area (Å²) in [5.41, 5.74) is 2.08. The zero-order valence-corrected chi connectivity index (χ0v) is 15.8. The molecule has 0 N–H and O–H groups in total. The fourth-order valence-electron chi connectivity index (χ4n) is 3.68. The van der Waals surface area contributed by atoms with Crippen LogP contribution in [-0.2, 0) is 17.8 Å². The second kappa shape index (κ2) is 7.51. The maximum absolute atomic E-state index is 13.3. The van der Waals surface area contributed by atoms with Crippen LogP contribution in [0.3, 0.4) is 0 Å². The molecular weight excluding hydrogens is 342 g/mol. The molecule has 1 unspecified atom stereocenters. The van der Waals surface area contributed by atoms with Crippen molar-refractivity contribution in [2.45, 2.75) is 31.8 Å². The van der Waals surface area contributed by atoms with Gasteiger partial charge in [0.15, 0.2) is 0 Å². The van der Waals surface area contributed by atoms with Gasteiger partial charge in [0.25, 0.3) is 0 Å². The highest BCUT2D eigenvalue weighted by atomic mass is 16.5. The van der Waals surface area contributed by atoms with Gasteiger partial charge in [-0.15, -0.1) is 0 Å². The molecule has 0 spiro atoms. The van der Waals surface area contributed by atoms with Crippen molar-refractivity contribution in [3.63, 3.8) is 0 Å². The van der Waals surface area contributed by atoms with E-state index in [0.29, 0.717) is 19.2 Å². The number of amides is 1. The lowest BCUT2D eigenvalue weighted by Gasteiger charge is -2.31. The van der Waals surface area contributed by atoms with Crippen LogP contribution >= 0.6 is 0 Å². The number of carbonyl (C=O) groups is 1. The molecule has 142 valence electrons. The molecule has 0 aromatic heterocycles. The van der Waals surface area contributed by atoms with Gasteiger partial charge in [0, 0.05) is 18.2 Å². The molecular formula is C22H25NO4. The summed E-state index contributed by atoms with van der Waals surface area (Å²) >= 11 is 0. The van der Waals surface area contributed by atoms with Crippen LogP contribution in [0.25, 0.3) is 0 Å². The number of rotatable bonds is 6. The van der Waals surface area contributed by atoms with Crippen LogP contribution in [0, 0.1) is 5.92 Å². The molecule has 1 aliphatic heterocycles. The zero-order chi connectivity index (χ0) is 18.8. The largest absolute Gasteiger partial charge is 0.497 e. The molecule has 2 aliphatic rings. The molecule has 4 rings (SSSR count). The number of hydrogen-bond acceptors (Lipinski definition) is 4. The monoisotopic (exact) mass is 367 g/mol. The summed E-state index contributed by atoms with van der Waals surface area (Å²) in [6.07, 6.45) is 2.85. The van der Waals surface area contributed by atoms with Crippen molar-refractivity contribution in [3.05, 3.63) is 53.6 Å². The highest BCUT2D eigenvalue weighted by Crippen LogP contribution is 2.35. The fraction of sp³-hybridized carbons (Fsp3) is 0.409. The van der Waals surface area contributed by atoms with Crippen molar-refractivity contribution in [2.75, 3.05) is 20.8 Å². The van der Waals surface area contributed by atoms with Crippen molar-refractivity contribution in [3.8, 4) is 17.2 Å². The van der Waals surface area contributed by atoms with E-state index in [0.717, 1.165) is 47.6 Å². The van der Waals surface area contributed by atoms with E-state index >= 15 is 0 Å². The number of nitrogens with zero attached hydrogens (tertiary/aromatic N) is 1. The highest BCUT2D eigenvalue weighted by Gasteiger charge is 2.37. The van der Waals surface area contributed by atoms with Crippen molar-refractivity contribution in [1.29, 1.82) is 0 Å². The predicted octanol–water partition coefficient (Wildman–Crippen LogP) is 3.45. The second-order valence-electron chi connectivity index (χ2n) is 7.19. The molecule has 27 heavy (non-hydrogen) atoms. The quantitative estimate of drug-likeness (QED) is 0.785. The summed E-state index contributed by atoms with van der Waals surface area (Å²) in [5, 5.41) is 0. The first-order valence-electron chi connectivity index (χ1n) is 9.41. The lowest BCUT2D eigenvalue weighted by Crippen LogP contribution is -2.41. The third-order valence-corrected chi connectivity index (χ3v) is 5.33. The molecule has 1 saturated carbocycles. The molecule has 1 atom stereocenters. The first-order chi connectivity index (χ1) is 13.2. The molecule has 1 amide bonds. The predicted molar refractivity (Wildman–Crippen MR) is 102 cm³/mol. The molecule has 2 aromatic carbocycles. The second-order valence-corrected chi connectivity index (χ2v) is 7.19. The molecule has 0 saturated heterocycles. The molecule has 0 radical (unpaired) electrons. The van der Waals surface area contributed by atoms with Crippen LogP contribution in [-0.4, -0.2) is 37.7 Å². The Kier molecular flexibility index (Phi) is 4.92. The van der Waals surface area contributed by atoms with Gasteiger partial charge in [-0.1, -0.05) is 18.2 Å². The molecule has 5 nitrogen and oxygen atoms in total. The van der Waals surface area contributed by atoms with Crippen molar-refractivity contribution in [1.82, 2.24) is 4.90 Å². The molecule has 1 heterocycles. The van der Waals surface area contributed by atoms with Crippen molar-refractivity contribution >= 4 is 5.91 Å². The SMILES string of the molecule is COc1ccc(OC)c(CN(C(=O)C2COc3ccccc3C2)C2CC2)c1. The van der Waals surface area contributed by atoms with Gasteiger partial charge in [0.1, 0.15) is 23.9 Å². The Morgan fingerprint density at radius 2 is 1.96 bits per heavy atom. The summed E-state index contributed by atoms with van der Waals surface area (Å²) in [6.45, 7) is 0.969. The smallest absolute Gasteiger partial charge is 0.230 e. The van der Waals surface area contributed by atoms with Crippen LogP contribution < -0.4 is 14.2 Å². The highest BCUT2D eigenvalue weighted by molar-refractivity contribution is 5.80. The van der Waals surface area contributed by atoms with Gasteiger partial charge < -0.3 is 19.1 Å². The van der Waals surface area contributed by atoms with Gasteiger partial charge in [-0.05, 0) is 49.1 Å². The number of fused-ring (bicyclic) bond motifs is 1. The van der Waals surface area contributed by atoms with Crippen molar-refractivity contribution < 1.29 is 19.0 Å². The van der Waals surface area contributed by atoms with Gasteiger partial charge in [0.05, 0.1) is 20.1 Å². The first-order valence-corrected chi connectivity index (χ1v) is 9.41. The topological polar surface area (TPSA) is 48.0 Å². The first kappa shape index (κ1) is 17.7. The number of ether oxygens (including phenoxy) is 3. The number of methoxy groups -OCH3 is 2. The van der Waals surface area contributed by atoms with E-state index < -0.39 is 0 Å². The van der Waals surface area contributed by atoms with E-state index in [1.165, 1.54) is 0 Å². The Hall–Kier alpha value is -2.69. The van der Waals surface area contributed by atoms with Crippen molar-refractivity contribution in [2.24, 2.45) is 5.92 Å². The Bertz CT molecular complexity index is 831. The van der Waals surface area contributed by atoms with Gasteiger partial charge >= 0.3 is 0 Å². The fourth-order valence-corrected chi connectivity index (χ4v) is 3.68. The van der Waals surface area contributed by atoms with Gasteiger partial charge in [-0.25, -0.2) is 0 Å². The lowest BCUT2D eigenvalue weighted by molar-refractivity contribution is -0.138. The van der Waals surface area contributed by atoms with Crippen LogP contribution in [0.2, 0.25) is 0 Å². The summed E-state index contributed by atoms with van der Waals surface area (Å²) in [5.74, 6) is 2.46. The molecule has 1 aliphatic carbocycles. The van der Waals surface area contributed by atoms with Gasteiger partial charge in [-0.3, -0.25) is 4.79 Å². The maximum Gasteiger partial charge on any atom is 0.230 e. The standard InChI is InChI=1S/C22H25NO4/c1-25-19-9-10-20(26-2)16(12-19)13-23(18-7-8-18)22(24)17-11-15-5-3-4-6-21(15)27-14-17/h3-6,9-10,12,17-18H,7-8,11,13-14H2,1-2H3. The van der Waals surface area contributed by atoms with Crippen LogP contribution in [0.1, 0.15) is 24.0 Å². The minimum absolute atomic E-state index is 0.142. The number of benzene rings is 2. The maximum atomic E-state index is 13.3. The Morgan fingerprint density at radius 1 is 1.15 bits per heavy atom. The summed E-state index contributed by atoms with van der Waals surface area (Å²) < 4.78 is 16.7. The van der Waals surface area contributed by atoms with Crippen LogP contribution in [0.15, 0.2) is 42.5 Å². The van der Waals surface area contributed by atoms with E-state index in [2.05, 4.69) is 0 Å². The summed E-state index contributed by atoms with van der Waals surface area (Å²) in [6, 6.07) is 14.0. The Morgan fingerprint density at radius 3 is 2.70 bits per heavy atom. The molecule has 2 aromatic rings. The normalized spacial score (nSPS) is 18.2. The summed E-state index contributed by atoms with van der Waals surface area (Å²) in [4.78, 5) is 15.3.